The third kappa shape index (κ3) is 5.51. The lowest BCUT2D eigenvalue weighted by atomic mass is 10.1. The molecule has 0 radical (unpaired) electrons. The number of esters is 1. The van der Waals surface area contributed by atoms with Gasteiger partial charge in [0.25, 0.3) is 0 Å². The lowest BCUT2D eigenvalue weighted by Crippen LogP contribution is -2.49. The van der Waals surface area contributed by atoms with Gasteiger partial charge in [0.2, 0.25) is 10.0 Å². The molecule has 0 N–H and O–H groups in total. The molecule has 0 saturated heterocycles. The minimum absolute atomic E-state index is 0.0644. The summed E-state index contributed by atoms with van der Waals surface area (Å²) in [5.74, 6) is 1.17. The molecule has 9 nitrogen and oxygen atoms in total. The van der Waals surface area contributed by atoms with Crippen LogP contribution in [0.4, 0.5) is 0 Å². The van der Waals surface area contributed by atoms with Crippen molar-refractivity contribution in [1.29, 1.82) is 0 Å². The molecule has 2 aromatic carbocycles. The zero-order valence-electron chi connectivity index (χ0n) is 20.0. The van der Waals surface area contributed by atoms with Crippen molar-refractivity contribution >= 4 is 16.0 Å². The summed E-state index contributed by atoms with van der Waals surface area (Å²) >= 11 is 0. The van der Waals surface area contributed by atoms with Crippen molar-refractivity contribution in [1.82, 2.24) is 4.31 Å². The smallest absolute Gasteiger partial charge is 0.328 e. The molecular formula is C23H31NO8S. The molecule has 2 aromatic rings. The van der Waals surface area contributed by atoms with Gasteiger partial charge in [-0.25, -0.2) is 8.42 Å². The molecule has 182 valence electrons. The van der Waals surface area contributed by atoms with E-state index in [1.807, 2.05) is 0 Å². The number of carbonyl (C=O) groups is 1. The van der Waals surface area contributed by atoms with Crippen LogP contribution in [0.3, 0.4) is 0 Å². The van der Waals surface area contributed by atoms with Crippen molar-refractivity contribution in [2.75, 3.05) is 35.5 Å². The van der Waals surface area contributed by atoms with Crippen molar-refractivity contribution < 1.29 is 36.9 Å². The molecule has 0 aromatic heterocycles. The van der Waals surface area contributed by atoms with Crippen LogP contribution in [-0.4, -0.2) is 59.0 Å². The molecule has 0 saturated carbocycles. The van der Waals surface area contributed by atoms with Gasteiger partial charge in [-0.1, -0.05) is 12.1 Å². The Hall–Kier alpha value is -2.98. The molecule has 0 heterocycles. The van der Waals surface area contributed by atoms with Crippen molar-refractivity contribution in [3.63, 3.8) is 0 Å². The number of carbonyl (C=O) groups excluding carboxylic acids is 1. The van der Waals surface area contributed by atoms with Crippen LogP contribution < -0.4 is 18.9 Å². The zero-order valence-corrected chi connectivity index (χ0v) is 20.8. The van der Waals surface area contributed by atoms with Gasteiger partial charge in [0.15, 0.2) is 4.75 Å². The van der Waals surface area contributed by atoms with Gasteiger partial charge in [-0.3, -0.25) is 4.79 Å². The van der Waals surface area contributed by atoms with E-state index < -0.39 is 20.7 Å². The largest absolute Gasteiger partial charge is 0.497 e. The molecule has 0 aliphatic carbocycles. The van der Waals surface area contributed by atoms with E-state index in [-0.39, 0.29) is 13.1 Å². The number of methoxy groups -OCH3 is 5. The van der Waals surface area contributed by atoms with Crippen molar-refractivity contribution in [3.05, 3.63) is 47.5 Å². The minimum Gasteiger partial charge on any atom is -0.497 e. The lowest BCUT2D eigenvalue weighted by molar-refractivity contribution is -0.142. The second kappa shape index (κ2) is 10.8. The van der Waals surface area contributed by atoms with E-state index in [1.54, 1.807) is 36.4 Å². The zero-order chi connectivity index (χ0) is 24.8. The average Bonchev–Trinajstić information content (AvgIpc) is 2.82. The summed E-state index contributed by atoms with van der Waals surface area (Å²) in [6.45, 7) is 2.51. The average molecular weight is 482 g/mol. The van der Waals surface area contributed by atoms with E-state index in [9.17, 15) is 13.2 Å². The molecule has 10 heteroatoms. The SMILES string of the molecule is COC(=O)C(C)(C)S(=O)(=O)N(Cc1ccc(OC)cc1OC)Cc1ccc(OC)cc1OC. The first-order valence-electron chi connectivity index (χ1n) is 10.1. The Balaban J connectivity index is 2.59. The standard InChI is InChI=1S/C23H31NO8S/c1-23(2,22(25)32-7)33(26,27)24(14-16-8-10-18(28-3)12-20(16)30-5)15-17-9-11-19(29-4)13-21(17)31-6/h8-13H,14-15H2,1-7H3. The third-order valence-corrected chi connectivity index (χ3v) is 7.74. The molecule has 0 unspecified atom stereocenters. The summed E-state index contributed by atoms with van der Waals surface area (Å²) in [5, 5.41) is 0. The van der Waals surface area contributed by atoms with E-state index in [0.29, 0.717) is 34.1 Å². The highest BCUT2D eigenvalue weighted by Gasteiger charge is 2.47. The van der Waals surface area contributed by atoms with Gasteiger partial charge in [0, 0.05) is 36.3 Å². The molecule has 0 fully saturated rings. The van der Waals surface area contributed by atoms with Crippen LogP contribution in [0.2, 0.25) is 0 Å². The van der Waals surface area contributed by atoms with Gasteiger partial charge in [-0.15, -0.1) is 0 Å². The fraction of sp³-hybridized carbons (Fsp3) is 0.435. The summed E-state index contributed by atoms with van der Waals surface area (Å²) < 4.78 is 52.9. The quantitative estimate of drug-likeness (QED) is 0.452. The van der Waals surface area contributed by atoms with Crippen LogP contribution in [0.1, 0.15) is 25.0 Å². The Kier molecular flexibility index (Phi) is 8.57. The maximum atomic E-state index is 13.7. The highest BCUT2D eigenvalue weighted by molar-refractivity contribution is 7.91. The highest BCUT2D eigenvalue weighted by atomic mass is 32.2. The Labute approximate surface area is 195 Å². The second-order valence-electron chi connectivity index (χ2n) is 7.63. The fourth-order valence-electron chi connectivity index (χ4n) is 3.24. The lowest BCUT2D eigenvalue weighted by Gasteiger charge is -2.31. The number of rotatable bonds is 11. The molecule has 0 spiro atoms. The molecule has 0 aliphatic rings. The van der Waals surface area contributed by atoms with Crippen LogP contribution in [0.15, 0.2) is 36.4 Å². The second-order valence-corrected chi connectivity index (χ2v) is 10.1. The van der Waals surface area contributed by atoms with E-state index in [4.69, 9.17) is 23.7 Å². The van der Waals surface area contributed by atoms with E-state index in [1.165, 1.54) is 46.6 Å². The summed E-state index contributed by atoms with van der Waals surface area (Å²) in [4.78, 5) is 12.4. The van der Waals surface area contributed by atoms with Gasteiger partial charge in [0.05, 0.1) is 35.5 Å². The summed E-state index contributed by atoms with van der Waals surface area (Å²) in [6, 6.07) is 10.2. The van der Waals surface area contributed by atoms with Gasteiger partial charge in [-0.05, 0) is 26.0 Å². The molecule has 0 bridgehead atoms. The van der Waals surface area contributed by atoms with Gasteiger partial charge >= 0.3 is 5.97 Å². The normalized spacial score (nSPS) is 11.8. The first kappa shape index (κ1) is 26.3. The predicted octanol–water partition coefficient (Wildman–Crippen LogP) is 3.00. The maximum Gasteiger partial charge on any atom is 0.328 e. The van der Waals surface area contributed by atoms with Crippen LogP contribution in [0.25, 0.3) is 0 Å². The molecule has 0 amide bonds. The van der Waals surface area contributed by atoms with Crippen molar-refractivity contribution in [2.24, 2.45) is 0 Å². The monoisotopic (exact) mass is 481 g/mol. The van der Waals surface area contributed by atoms with E-state index >= 15 is 0 Å². The van der Waals surface area contributed by atoms with Gasteiger partial charge in [-0.2, -0.15) is 4.31 Å². The predicted molar refractivity (Wildman–Crippen MR) is 123 cm³/mol. The summed E-state index contributed by atoms with van der Waals surface area (Å²) in [6.07, 6.45) is 0. The topological polar surface area (TPSA) is 101 Å². The molecular weight excluding hydrogens is 450 g/mol. The first-order chi connectivity index (χ1) is 15.5. The van der Waals surface area contributed by atoms with Crippen molar-refractivity contribution in [3.8, 4) is 23.0 Å². The van der Waals surface area contributed by atoms with E-state index in [2.05, 4.69) is 0 Å². The van der Waals surface area contributed by atoms with Crippen molar-refractivity contribution in [2.45, 2.75) is 31.7 Å². The Morgan fingerprint density at radius 2 is 1.21 bits per heavy atom. The number of hydrogen-bond donors (Lipinski definition) is 0. The Morgan fingerprint density at radius 3 is 1.55 bits per heavy atom. The van der Waals surface area contributed by atoms with Crippen LogP contribution >= 0.6 is 0 Å². The Bertz CT molecular complexity index is 1020. The third-order valence-electron chi connectivity index (χ3n) is 5.34. The van der Waals surface area contributed by atoms with Crippen LogP contribution in [0, 0.1) is 0 Å². The number of sulfonamides is 1. The Morgan fingerprint density at radius 1 is 0.788 bits per heavy atom. The molecule has 0 aliphatic heterocycles. The summed E-state index contributed by atoms with van der Waals surface area (Å²) in [5.41, 5.74) is 1.19. The number of ether oxygens (including phenoxy) is 5. The van der Waals surface area contributed by atoms with E-state index in [0.717, 1.165) is 7.11 Å². The highest BCUT2D eigenvalue weighted by Crippen LogP contribution is 2.33. The van der Waals surface area contributed by atoms with Gasteiger partial charge < -0.3 is 23.7 Å². The summed E-state index contributed by atoms with van der Waals surface area (Å²) in [7, 11) is 2.98. The molecule has 33 heavy (non-hydrogen) atoms. The number of nitrogens with zero attached hydrogens (tertiary/aromatic N) is 1. The minimum atomic E-state index is -4.20. The van der Waals surface area contributed by atoms with Crippen LogP contribution in [-0.2, 0) is 32.6 Å². The molecule has 2 rings (SSSR count). The number of hydrogen-bond acceptors (Lipinski definition) is 8. The fourth-order valence-corrected chi connectivity index (χ4v) is 4.80. The number of benzene rings is 2. The maximum absolute atomic E-state index is 13.7. The van der Waals surface area contributed by atoms with Crippen LogP contribution in [0.5, 0.6) is 23.0 Å². The molecule has 0 atom stereocenters. The first-order valence-corrected chi connectivity index (χ1v) is 11.5. The van der Waals surface area contributed by atoms with Gasteiger partial charge in [0.1, 0.15) is 23.0 Å².